The second-order valence-corrected chi connectivity index (χ2v) is 13.8. The summed E-state index contributed by atoms with van der Waals surface area (Å²) >= 11 is 0. The summed E-state index contributed by atoms with van der Waals surface area (Å²) in [7, 11) is 3.03. The number of Topliss-reactive ketones (excluding diaryl/α,β-unsaturated/α-hetero) is 1. The van der Waals surface area contributed by atoms with Gasteiger partial charge >= 0.3 is 5.97 Å². The second kappa shape index (κ2) is 11.2. The lowest BCUT2D eigenvalue weighted by molar-refractivity contribution is -0.421. The minimum absolute atomic E-state index is 0.0108. The van der Waals surface area contributed by atoms with Gasteiger partial charge < -0.3 is 33.5 Å². The molecule has 248 valence electrons. The fourth-order valence-corrected chi connectivity index (χ4v) is 8.97. The molecule has 0 radical (unpaired) electrons. The van der Waals surface area contributed by atoms with Crippen molar-refractivity contribution in [2.75, 3.05) is 20.8 Å². The van der Waals surface area contributed by atoms with Gasteiger partial charge in [0.15, 0.2) is 17.3 Å². The van der Waals surface area contributed by atoms with E-state index in [0.29, 0.717) is 24.0 Å². The highest BCUT2D eigenvalue weighted by Crippen LogP contribution is 2.68. The number of methoxy groups -OCH3 is 2. The molecule has 2 saturated heterocycles. The summed E-state index contributed by atoms with van der Waals surface area (Å²) < 4.78 is 38.5. The summed E-state index contributed by atoms with van der Waals surface area (Å²) in [6.45, 7) is 10.3. The zero-order valence-corrected chi connectivity index (χ0v) is 27.5. The molecule has 7 rings (SSSR count). The summed E-state index contributed by atoms with van der Waals surface area (Å²) in [6, 6.07) is 14.7. The summed E-state index contributed by atoms with van der Waals surface area (Å²) in [5, 5.41) is 9.95. The predicted molar refractivity (Wildman–Crippen MR) is 171 cm³/mol. The summed E-state index contributed by atoms with van der Waals surface area (Å²) in [4.78, 5) is 27.3. The number of hydrogen-bond acceptors (Lipinski definition) is 9. The molecule has 3 aliphatic carbocycles. The Morgan fingerprint density at radius 3 is 2.55 bits per heavy atom. The molecule has 2 heterocycles. The molecule has 9 nitrogen and oxygen atoms in total. The maximum absolute atomic E-state index is 14.1. The highest BCUT2D eigenvalue weighted by atomic mass is 16.9. The van der Waals surface area contributed by atoms with Gasteiger partial charge in [0.1, 0.15) is 23.9 Å². The molecule has 3 bridgehead atoms. The first-order valence-electron chi connectivity index (χ1n) is 16.2. The molecular weight excluding hydrogens is 600 g/mol. The first-order chi connectivity index (χ1) is 22.4. The number of hydrogen-bond donors (Lipinski definition) is 1. The number of esters is 1. The molecule has 0 spiro atoms. The van der Waals surface area contributed by atoms with Crippen molar-refractivity contribution < 1.29 is 43.1 Å². The SMILES string of the molecule is C=C(C)[C@@]12C[C@@H](C)C34OC(Cc5ccccc5)(OC1[C@@H]3C=C(COC(=O)Cc1ccc(O)c(OC)c1)C[C@]1(OC)C(=O)C(C)=C[C@@H]41)O2. The Balaban J connectivity index is 1.29. The van der Waals surface area contributed by atoms with E-state index in [4.69, 9.17) is 28.4 Å². The molecule has 1 saturated carbocycles. The Bertz CT molecular complexity index is 1700. The van der Waals surface area contributed by atoms with Crippen LogP contribution in [0.4, 0.5) is 0 Å². The lowest BCUT2D eigenvalue weighted by Gasteiger charge is -2.59. The van der Waals surface area contributed by atoms with Gasteiger partial charge in [-0.25, -0.2) is 0 Å². The molecule has 0 amide bonds. The first kappa shape index (κ1) is 31.8. The number of benzene rings is 2. The topological polar surface area (TPSA) is 110 Å². The Hall–Kier alpha value is -3.76. The van der Waals surface area contributed by atoms with E-state index in [1.54, 1.807) is 19.2 Å². The molecule has 3 unspecified atom stereocenters. The van der Waals surface area contributed by atoms with E-state index >= 15 is 0 Å². The van der Waals surface area contributed by atoms with Crippen molar-refractivity contribution in [2.24, 2.45) is 17.8 Å². The molecule has 1 N–H and O–H groups in total. The van der Waals surface area contributed by atoms with E-state index < -0.39 is 40.8 Å². The van der Waals surface area contributed by atoms with Gasteiger partial charge in [-0.3, -0.25) is 9.59 Å². The average Bonchev–Trinajstić information content (AvgIpc) is 3.36. The van der Waals surface area contributed by atoms with Crippen LogP contribution in [0.15, 0.2) is 84.0 Å². The fourth-order valence-electron chi connectivity index (χ4n) is 8.97. The molecule has 9 heteroatoms. The zero-order chi connectivity index (χ0) is 33.4. The van der Waals surface area contributed by atoms with E-state index in [1.165, 1.54) is 13.2 Å². The lowest BCUT2D eigenvalue weighted by atomic mass is 9.54. The molecule has 47 heavy (non-hydrogen) atoms. The van der Waals surface area contributed by atoms with E-state index in [-0.39, 0.29) is 48.6 Å². The van der Waals surface area contributed by atoms with Crippen LogP contribution in [-0.4, -0.2) is 66.6 Å². The number of aromatic hydroxyl groups is 1. The van der Waals surface area contributed by atoms with E-state index in [0.717, 1.165) is 16.7 Å². The van der Waals surface area contributed by atoms with Crippen molar-refractivity contribution >= 4 is 11.8 Å². The largest absolute Gasteiger partial charge is 0.504 e. The monoisotopic (exact) mass is 642 g/mol. The van der Waals surface area contributed by atoms with Gasteiger partial charge in [-0.1, -0.05) is 62.1 Å². The number of phenolic OH excluding ortho intramolecular Hbond substituents is 1. The third kappa shape index (κ3) is 4.65. The molecule has 3 fully saturated rings. The summed E-state index contributed by atoms with van der Waals surface area (Å²) in [6.07, 6.45) is 4.83. The van der Waals surface area contributed by atoms with Crippen LogP contribution < -0.4 is 4.74 Å². The Labute approximate surface area is 275 Å². The van der Waals surface area contributed by atoms with Gasteiger partial charge in [-0.15, -0.1) is 0 Å². The predicted octanol–water partition coefficient (Wildman–Crippen LogP) is 5.40. The molecular formula is C38H42O9. The van der Waals surface area contributed by atoms with Crippen molar-refractivity contribution in [3.05, 3.63) is 95.1 Å². The third-order valence-electron chi connectivity index (χ3n) is 11.1. The number of carbonyl (C=O) groups is 2. The van der Waals surface area contributed by atoms with Gasteiger partial charge in [0.2, 0.25) is 0 Å². The Morgan fingerprint density at radius 1 is 1.09 bits per heavy atom. The maximum atomic E-state index is 14.1. The number of phenols is 1. The highest BCUT2D eigenvalue weighted by Gasteiger charge is 2.79. The number of rotatable bonds is 9. The molecule has 5 aliphatic rings. The maximum Gasteiger partial charge on any atom is 0.310 e. The van der Waals surface area contributed by atoms with Gasteiger partial charge in [-0.2, -0.15) is 0 Å². The summed E-state index contributed by atoms with van der Waals surface area (Å²) in [5.74, 6) is -2.58. The van der Waals surface area contributed by atoms with Crippen LogP contribution in [0.1, 0.15) is 44.7 Å². The molecule has 8 atom stereocenters. The number of carbonyl (C=O) groups excluding carboxylic acids is 2. The van der Waals surface area contributed by atoms with E-state index in [1.807, 2.05) is 50.3 Å². The second-order valence-electron chi connectivity index (χ2n) is 13.8. The molecule has 2 aromatic carbocycles. The van der Waals surface area contributed by atoms with Crippen molar-refractivity contribution in [3.63, 3.8) is 0 Å². The van der Waals surface area contributed by atoms with Crippen LogP contribution in [0, 0.1) is 17.8 Å². The van der Waals surface area contributed by atoms with Crippen molar-refractivity contribution in [2.45, 2.75) is 75.3 Å². The van der Waals surface area contributed by atoms with Crippen LogP contribution in [0.25, 0.3) is 0 Å². The Morgan fingerprint density at radius 2 is 1.85 bits per heavy atom. The average molecular weight is 643 g/mol. The standard InChI is InChI=1S/C38H42O9/c1-22(2)35-18-24(4)38-28(34(35)45-37(46-35,47-38)20-25-10-8-7-9-11-25)15-27(19-36(43-6)31(38)14-23(3)33(36)41)21-44-32(40)17-26-12-13-29(39)30(16-26)42-5/h7-16,24,28,31,34,39H,1,17-21H2,2-6H3/t24-,28+,31-,34?,35+,36-,37?,38?/m1/s1. The normalized spacial score (nSPS) is 36.6. The van der Waals surface area contributed by atoms with Gasteiger partial charge in [0.05, 0.1) is 25.6 Å². The minimum atomic E-state index is -1.39. The summed E-state index contributed by atoms with van der Waals surface area (Å²) in [5.41, 5.74) is 0.849. The van der Waals surface area contributed by atoms with Crippen molar-refractivity contribution in [1.29, 1.82) is 0 Å². The fraction of sp³-hybridized carbons (Fsp3) is 0.474. The Kier molecular flexibility index (Phi) is 7.55. The number of fused-ring (bicyclic) bond motifs is 2. The van der Waals surface area contributed by atoms with Crippen molar-refractivity contribution in [3.8, 4) is 11.5 Å². The molecule has 0 aromatic heterocycles. The van der Waals surface area contributed by atoms with E-state index in [9.17, 15) is 14.7 Å². The van der Waals surface area contributed by atoms with Crippen LogP contribution in [0.2, 0.25) is 0 Å². The van der Waals surface area contributed by atoms with Gasteiger partial charge in [0.25, 0.3) is 5.97 Å². The third-order valence-corrected chi connectivity index (χ3v) is 11.1. The quantitative estimate of drug-likeness (QED) is 0.284. The zero-order valence-electron chi connectivity index (χ0n) is 27.5. The van der Waals surface area contributed by atoms with Crippen LogP contribution in [-0.2, 0) is 46.1 Å². The first-order valence-corrected chi connectivity index (χ1v) is 16.2. The van der Waals surface area contributed by atoms with Gasteiger partial charge in [-0.05, 0) is 66.2 Å². The molecule has 2 aliphatic heterocycles. The van der Waals surface area contributed by atoms with Gasteiger partial charge in [0, 0.05) is 25.4 Å². The lowest BCUT2D eigenvalue weighted by Crippen LogP contribution is -2.70. The van der Waals surface area contributed by atoms with E-state index in [2.05, 4.69) is 19.6 Å². The van der Waals surface area contributed by atoms with Crippen LogP contribution >= 0.6 is 0 Å². The highest BCUT2D eigenvalue weighted by molar-refractivity contribution is 6.05. The molecule has 2 aromatic rings. The number of ether oxygens (including phenoxy) is 6. The number of ketones is 1. The van der Waals surface area contributed by atoms with Crippen molar-refractivity contribution in [1.82, 2.24) is 0 Å². The van der Waals surface area contributed by atoms with Crippen LogP contribution in [0.5, 0.6) is 11.5 Å². The minimum Gasteiger partial charge on any atom is -0.504 e. The van der Waals surface area contributed by atoms with Crippen LogP contribution in [0.3, 0.4) is 0 Å². The smallest absolute Gasteiger partial charge is 0.310 e.